The zero-order valence-corrected chi connectivity index (χ0v) is 10.3. The molecule has 0 N–H and O–H groups in total. The number of pyridine rings is 1. The van der Waals surface area contributed by atoms with Crippen molar-refractivity contribution in [3.05, 3.63) is 36.3 Å². The summed E-state index contributed by atoms with van der Waals surface area (Å²) in [5.41, 5.74) is 2.11. The van der Waals surface area contributed by atoms with E-state index in [0.717, 1.165) is 43.8 Å². The summed E-state index contributed by atoms with van der Waals surface area (Å²) in [7, 11) is 0. The van der Waals surface area contributed by atoms with Crippen LogP contribution in [0.1, 0.15) is 18.5 Å². The Morgan fingerprint density at radius 2 is 2.17 bits per heavy atom. The molecule has 1 aliphatic heterocycles. The topological polar surface area (TPSA) is 44.3 Å². The molecule has 2 aromatic heterocycles. The smallest absolute Gasteiger partial charge is 0.137 e. The van der Waals surface area contributed by atoms with Crippen LogP contribution >= 0.6 is 0 Å². The first kappa shape index (κ1) is 11.2. The predicted molar refractivity (Wildman–Crippen MR) is 68.8 cm³/mol. The van der Waals surface area contributed by atoms with Gasteiger partial charge in [0.2, 0.25) is 0 Å². The summed E-state index contributed by atoms with van der Waals surface area (Å²) in [5, 5.41) is 8.88. The van der Waals surface area contributed by atoms with E-state index in [-0.39, 0.29) is 5.92 Å². The molecule has 2 aromatic rings. The van der Waals surface area contributed by atoms with E-state index in [0.29, 0.717) is 0 Å². The lowest BCUT2D eigenvalue weighted by Crippen LogP contribution is -2.32. The summed E-state index contributed by atoms with van der Waals surface area (Å²) in [4.78, 5) is 6.99. The average Bonchev–Trinajstić information content (AvgIpc) is 2.82. The monoisotopic (exact) mass is 240 g/mol. The highest BCUT2D eigenvalue weighted by molar-refractivity contribution is 5.39. The van der Waals surface area contributed by atoms with Gasteiger partial charge in [-0.3, -0.25) is 4.90 Å². The molecule has 0 aliphatic carbocycles. The highest BCUT2D eigenvalue weighted by Crippen LogP contribution is 2.18. The lowest BCUT2D eigenvalue weighted by molar-refractivity contribution is 0.196. The van der Waals surface area contributed by atoms with Gasteiger partial charge in [0.15, 0.2) is 0 Å². The van der Waals surface area contributed by atoms with E-state index < -0.39 is 0 Å². The molecule has 0 amide bonds. The normalized spacial score (nSPS) is 17.9. The van der Waals surface area contributed by atoms with E-state index in [9.17, 15) is 0 Å². The number of rotatable bonds is 2. The summed E-state index contributed by atoms with van der Waals surface area (Å²) in [6.07, 6.45) is 6.09. The Kier molecular flexibility index (Phi) is 2.99. The molecule has 92 valence electrons. The molecule has 1 saturated heterocycles. The van der Waals surface area contributed by atoms with Gasteiger partial charge < -0.3 is 4.40 Å². The molecule has 1 fully saturated rings. The fourth-order valence-corrected chi connectivity index (χ4v) is 2.51. The Morgan fingerprint density at radius 3 is 2.89 bits per heavy atom. The summed E-state index contributed by atoms with van der Waals surface area (Å²) < 4.78 is 2.05. The van der Waals surface area contributed by atoms with Crippen LogP contribution in [0.15, 0.2) is 30.6 Å². The molecule has 3 heterocycles. The van der Waals surface area contributed by atoms with Gasteiger partial charge in [0.1, 0.15) is 5.65 Å². The quantitative estimate of drug-likeness (QED) is 0.807. The van der Waals surface area contributed by atoms with Crippen molar-refractivity contribution in [2.24, 2.45) is 5.92 Å². The van der Waals surface area contributed by atoms with E-state index in [1.165, 1.54) is 0 Å². The molecule has 0 radical (unpaired) electrons. The molecule has 0 atom stereocenters. The predicted octanol–water partition coefficient (Wildman–Crippen LogP) is 2.07. The molecule has 18 heavy (non-hydrogen) atoms. The summed E-state index contributed by atoms with van der Waals surface area (Å²) >= 11 is 0. The van der Waals surface area contributed by atoms with Crippen LogP contribution in [0.4, 0.5) is 0 Å². The standard InChI is InChI=1S/C14H16N4/c15-9-12-4-7-17(8-5-12)10-13-11-18-6-2-1-3-14(18)16-13/h1-3,6,11-12H,4-5,7-8,10H2. The number of hydrogen-bond acceptors (Lipinski definition) is 3. The van der Waals surface area contributed by atoms with Gasteiger partial charge in [0, 0.05) is 24.9 Å². The molecule has 1 aliphatic rings. The van der Waals surface area contributed by atoms with Crippen LogP contribution in [0.5, 0.6) is 0 Å². The van der Waals surface area contributed by atoms with E-state index in [2.05, 4.69) is 26.6 Å². The first-order valence-electron chi connectivity index (χ1n) is 6.40. The molecule has 0 saturated carbocycles. The molecule has 0 spiro atoms. The van der Waals surface area contributed by atoms with Gasteiger partial charge in [-0.2, -0.15) is 5.26 Å². The third kappa shape index (κ3) is 2.22. The molecule has 0 bridgehead atoms. The maximum atomic E-state index is 8.88. The summed E-state index contributed by atoms with van der Waals surface area (Å²) in [6, 6.07) is 8.40. The molecule has 0 unspecified atom stereocenters. The van der Waals surface area contributed by atoms with Gasteiger partial charge in [-0.1, -0.05) is 6.07 Å². The van der Waals surface area contributed by atoms with Crippen molar-refractivity contribution in [2.45, 2.75) is 19.4 Å². The van der Waals surface area contributed by atoms with Gasteiger partial charge in [-0.15, -0.1) is 0 Å². The fourth-order valence-electron chi connectivity index (χ4n) is 2.51. The minimum absolute atomic E-state index is 0.252. The zero-order valence-electron chi connectivity index (χ0n) is 10.3. The number of nitrogens with zero attached hydrogens (tertiary/aromatic N) is 4. The van der Waals surface area contributed by atoms with E-state index >= 15 is 0 Å². The number of aromatic nitrogens is 2. The molecular formula is C14H16N4. The highest BCUT2D eigenvalue weighted by Gasteiger charge is 2.19. The third-order valence-electron chi connectivity index (χ3n) is 3.57. The first-order valence-corrected chi connectivity index (χ1v) is 6.40. The maximum absolute atomic E-state index is 8.88. The van der Waals surface area contributed by atoms with Crippen molar-refractivity contribution in [2.75, 3.05) is 13.1 Å². The van der Waals surface area contributed by atoms with Crippen molar-refractivity contribution in [1.29, 1.82) is 5.26 Å². The number of imidazole rings is 1. The largest absolute Gasteiger partial charge is 0.307 e. The van der Waals surface area contributed by atoms with Gasteiger partial charge >= 0.3 is 0 Å². The number of nitriles is 1. The Bertz CT molecular complexity index is 540. The van der Waals surface area contributed by atoms with Crippen molar-refractivity contribution >= 4 is 5.65 Å². The molecule has 4 nitrogen and oxygen atoms in total. The van der Waals surface area contributed by atoms with Crippen molar-refractivity contribution in [3.63, 3.8) is 0 Å². The highest BCUT2D eigenvalue weighted by atomic mass is 15.1. The van der Waals surface area contributed by atoms with E-state index in [1.54, 1.807) is 0 Å². The summed E-state index contributed by atoms with van der Waals surface area (Å²) in [5.74, 6) is 0.252. The van der Waals surface area contributed by atoms with Gasteiger partial charge in [-0.25, -0.2) is 4.98 Å². The van der Waals surface area contributed by atoms with Crippen LogP contribution in [0.2, 0.25) is 0 Å². The second-order valence-corrected chi connectivity index (χ2v) is 4.88. The maximum Gasteiger partial charge on any atom is 0.137 e. The Balaban J connectivity index is 1.68. The number of fused-ring (bicyclic) bond motifs is 1. The van der Waals surface area contributed by atoms with Crippen molar-refractivity contribution in [3.8, 4) is 6.07 Å². The fraction of sp³-hybridized carbons (Fsp3) is 0.429. The number of hydrogen-bond donors (Lipinski definition) is 0. The van der Waals surface area contributed by atoms with Crippen molar-refractivity contribution < 1.29 is 0 Å². The number of piperidine rings is 1. The Labute approximate surface area is 106 Å². The van der Waals surface area contributed by atoms with Gasteiger partial charge in [-0.05, 0) is 38.1 Å². The van der Waals surface area contributed by atoms with Crippen LogP contribution in [-0.4, -0.2) is 27.4 Å². The second kappa shape index (κ2) is 4.79. The van der Waals surface area contributed by atoms with Crippen LogP contribution in [0, 0.1) is 17.2 Å². The van der Waals surface area contributed by atoms with Crippen molar-refractivity contribution in [1.82, 2.24) is 14.3 Å². The van der Waals surface area contributed by atoms with E-state index in [4.69, 9.17) is 5.26 Å². The molecule has 0 aromatic carbocycles. The number of likely N-dealkylation sites (tertiary alicyclic amines) is 1. The molecule has 4 heteroatoms. The van der Waals surface area contributed by atoms with Crippen LogP contribution in [-0.2, 0) is 6.54 Å². The molecule has 3 rings (SSSR count). The van der Waals surface area contributed by atoms with Gasteiger partial charge in [0.05, 0.1) is 11.8 Å². The average molecular weight is 240 g/mol. The SMILES string of the molecule is N#CC1CCN(Cc2cn3ccccc3n2)CC1. The minimum Gasteiger partial charge on any atom is -0.307 e. The van der Waals surface area contributed by atoms with Crippen LogP contribution < -0.4 is 0 Å². The van der Waals surface area contributed by atoms with E-state index in [1.807, 2.05) is 24.4 Å². The summed E-state index contributed by atoms with van der Waals surface area (Å²) in [6.45, 7) is 2.90. The van der Waals surface area contributed by atoms with Crippen LogP contribution in [0.3, 0.4) is 0 Å². The lowest BCUT2D eigenvalue weighted by atomic mass is 9.99. The third-order valence-corrected chi connectivity index (χ3v) is 3.57. The molecular weight excluding hydrogens is 224 g/mol. The van der Waals surface area contributed by atoms with Crippen LogP contribution in [0.25, 0.3) is 5.65 Å². The zero-order chi connectivity index (χ0) is 12.4. The Morgan fingerprint density at radius 1 is 1.33 bits per heavy atom. The van der Waals surface area contributed by atoms with Gasteiger partial charge in [0.25, 0.3) is 0 Å². The second-order valence-electron chi connectivity index (χ2n) is 4.88. The Hall–Kier alpha value is -1.86. The first-order chi connectivity index (χ1) is 8.85. The lowest BCUT2D eigenvalue weighted by Gasteiger charge is -2.28. The minimum atomic E-state index is 0.252.